The van der Waals surface area contributed by atoms with E-state index >= 15 is 0 Å². The van der Waals surface area contributed by atoms with Crippen LogP contribution in [0.3, 0.4) is 0 Å². The van der Waals surface area contributed by atoms with Crippen molar-refractivity contribution in [1.29, 1.82) is 0 Å². The Kier molecular flexibility index (Phi) is 7.31. The molecule has 0 saturated carbocycles. The molecule has 0 aliphatic carbocycles. The van der Waals surface area contributed by atoms with Crippen LogP contribution in [-0.2, 0) is 16.0 Å². The third-order valence-electron chi connectivity index (χ3n) is 4.89. The fourth-order valence-electron chi connectivity index (χ4n) is 3.21. The maximum Gasteiger partial charge on any atom is 0.247 e. The molecule has 2 aromatic carbocycles. The standard InChI is InChI=1S/C24H24FN3O2S/c1-4-18-14-26-24(31-18)28-23(30)19(5-2)17-9-7-8-15(12-17)16-10-11-21(20(25)13-16)27-22(29)6-3/h6-14,19H,3-5H2,1-2H3,(H,27,29)(H,26,28,30). The molecule has 2 N–H and O–H groups in total. The van der Waals surface area contributed by atoms with Crippen LogP contribution in [0.1, 0.15) is 36.6 Å². The minimum Gasteiger partial charge on any atom is -0.320 e. The molecule has 1 atom stereocenters. The van der Waals surface area contributed by atoms with Gasteiger partial charge in [-0.1, -0.05) is 50.8 Å². The average molecular weight is 438 g/mol. The summed E-state index contributed by atoms with van der Waals surface area (Å²) in [7, 11) is 0. The van der Waals surface area contributed by atoms with Gasteiger partial charge in [0.1, 0.15) is 5.82 Å². The second-order valence-electron chi connectivity index (χ2n) is 6.95. The highest BCUT2D eigenvalue weighted by atomic mass is 32.1. The number of nitrogens with zero attached hydrogens (tertiary/aromatic N) is 1. The van der Waals surface area contributed by atoms with Gasteiger partial charge in [-0.05, 0) is 47.7 Å². The molecule has 2 amide bonds. The van der Waals surface area contributed by atoms with Crippen LogP contribution in [0.4, 0.5) is 15.2 Å². The lowest BCUT2D eigenvalue weighted by molar-refractivity contribution is -0.117. The Labute approximate surface area is 185 Å². The number of carbonyl (C=O) groups is 2. The van der Waals surface area contributed by atoms with E-state index in [9.17, 15) is 14.0 Å². The molecule has 31 heavy (non-hydrogen) atoms. The SMILES string of the molecule is C=CC(=O)Nc1ccc(-c2cccc(C(CC)C(=O)Nc3ncc(CC)s3)c2)cc1F. The molecule has 160 valence electrons. The summed E-state index contributed by atoms with van der Waals surface area (Å²) < 4.78 is 14.4. The maximum atomic E-state index is 14.4. The fourth-order valence-corrected chi connectivity index (χ4v) is 3.96. The smallest absolute Gasteiger partial charge is 0.247 e. The van der Waals surface area contributed by atoms with Crippen molar-refractivity contribution >= 4 is 34.0 Å². The summed E-state index contributed by atoms with van der Waals surface area (Å²) in [6.45, 7) is 7.36. The van der Waals surface area contributed by atoms with E-state index in [0.717, 1.165) is 28.5 Å². The van der Waals surface area contributed by atoms with E-state index in [2.05, 4.69) is 22.2 Å². The highest BCUT2D eigenvalue weighted by Gasteiger charge is 2.20. The van der Waals surface area contributed by atoms with Crippen LogP contribution in [0, 0.1) is 5.82 Å². The minimum absolute atomic E-state index is 0.0884. The molecule has 0 saturated heterocycles. The minimum atomic E-state index is -0.543. The van der Waals surface area contributed by atoms with Gasteiger partial charge in [-0.3, -0.25) is 9.59 Å². The molecular formula is C24H24FN3O2S. The number of anilines is 2. The summed E-state index contributed by atoms with van der Waals surface area (Å²) in [4.78, 5) is 29.7. The first-order valence-electron chi connectivity index (χ1n) is 10.0. The van der Waals surface area contributed by atoms with Gasteiger partial charge < -0.3 is 10.6 Å². The lowest BCUT2D eigenvalue weighted by Gasteiger charge is -2.16. The maximum absolute atomic E-state index is 14.4. The molecule has 1 aromatic heterocycles. The molecule has 0 radical (unpaired) electrons. The first-order valence-corrected chi connectivity index (χ1v) is 10.9. The third kappa shape index (κ3) is 5.44. The van der Waals surface area contributed by atoms with Crippen LogP contribution >= 0.6 is 11.3 Å². The molecule has 0 bridgehead atoms. The summed E-state index contributed by atoms with van der Waals surface area (Å²) in [5, 5.41) is 5.93. The number of hydrogen-bond donors (Lipinski definition) is 2. The Hall–Kier alpha value is -3.32. The number of carbonyl (C=O) groups excluding carboxylic acids is 2. The van der Waals surface area contributed by atoms with Gasteiger partial charge in [0.15, 0.2) is 5.13 Å². The predicted octanol–water partition coefficient (Wildman–Crippen LogP) is 5.77. The predicted molar refractivity (Wildman–Crippen MR) is 124 cm³/mol. The van der Waals surface area contributed by atoms with E-state index in [0.29, 0.717) is 17.1 Å². The number of nitrogens with one attached hydrogen (secondary N) is 2. The van der Waals surface area contributed by atoms with Gasteiger partial charge in [0.05, 0.1) is 11.6 Å². The van der Waals surface area contributed by atoms with Gasteiger partial charge in [-0.15, -0.1) is 11.3 Å². The van der Waals surface area contributed by atoms with Crippen LogP contribution in [0.5, 0.6) is 0 Å². The zero-order valence-corrected chi connectivity index (χ0v) is 18.3. The second-order valence-corrected chi connectivity index (χ2v) is 8.06. The van der Waals surface area contributed by atoms with Gasteiger partial charge in [0.2, 0.25) is 11.8 Å². The number of benzene rings is 2. The highest BCUT2D eigenvalue weighted by Crippen LogP contribution is 2.29. The van der Waals surface area contributed by atoms with Crippen LogP contribution in [-0.4, -0.2) is 16.8 Å². The molecule has 1 heterocycles. The van der Waals surface area contributed by atoms with Crippen molar-refractivity contribution < 1.29 is 14.0 Å². The Morgan fingerprint density at radius 2 is 1.94 bits per heavy atom. The Bertz CT molecular complexity index is 1110. The summed E-state index contributed by atoms with van der Waals surface area (Å²) in [6, 6.07) is 12.1. The van der Waals surface area contributed by atoms with Gasteiger partial charge in [0.25, 0.3) is 0 Å². The van der Waals surface area contributed by atoms with E-state index in [1.165, 1.54) is 23.5 Å². The van der Waals surface area contributed by atoms with Crippen LogP contribution in [0.25, 0.3) is 11.1 Å². The summed E-state index contributed by atoms with van der Waals surface area (Å²) in [5.41, 5.74) is 2.37. The topological polar surface area (TPSA) is 71.1 Å². The van der Waals surface area contributed by atoms with Crippen molar-refractivity contribution in [3.63, 3.8) is 0 Å². The van der Waals surface area contributed by atoms with E-state index in [1.54, 1.807) is 12.3 Å². The largest absolute Gasteiger partial charge is 0.320 e. The molecule has 3 aromatic rings. The van der Waals surface area contributed by atoms with E-state index in [4.69, 9.17) is 0 Å². The van der Waals surface area contributed by atoms with E-state index < -0.39 is 11.7 Å². The van der Waals surface area contributed by atoms with Crippen molar-refractivity contribution in [3.8, 4) is 11.1 Å². The third-order valence-corrected chi connectivity index (χ3v) is 5.95. The number of amides is 2. The quantitative estimate of drug-likeness (QED) is 0.440. The molecule has 0 aliphatic heterocycles. The highest BCUT2D eigenvalue weighted by molar-refractivity contribution is 7.15. The van der Waals surface area contributed by atoms with Crippen LogP contribution in [0.15, 0.2) is 61.3 Å². The lowest BCUT2D eigenvalue weighted by Crippen LogP contribution is -2.20. The van der Waals surface area contributed by atoms with Gasteiger partial charge in [-0.2, -0.15) is 0 Å². The van der Waals surface area contributed by atoms with Crippen molar-refractivity contribution in [2.45, 2.75) is 32.6 Å². The monoisotopic (exact) mass is 437 g/mol. The zero-order chi connectivity index (χ0) is 22.4. The molecule has 3 rings (SSSR count). The number of rotatable bonds is 8. The molecular weight excluding hydrogens is 413 g/mol. The Morgan fingerprint density at radius 3 is 2.58 bits per heavy atom. The first kappa shape index (κ1) is 22.4. The number of aromatic nitrogens is 1. The van der Waals surface area contributed by atoms with Crippen molar-refractivity contribution in [2.75, 3.05) is 10.6 Å². The second kappa shape index (κ2) is 10.1. The van der Waals surface area contributed by atoms with Crippen molar-refractivity contribution in [2.24, 2.45) is 0 Å². The summed E-state index contributed by atoms with van der Waals surface area (Å²) >= 11 is 1.47. The normalized spacial score (nSPS) is 11.6. The number of aryl methyl sites for hydroxylation is 1. The van der Waals surface area contributed by atoms with Crippen LogP contribution in [0.2, 0.25) is 0 Å². The molecule has 0 spiro atoms. The van der Waals surface area contributed by atoms with Crippen molar-refractivity contribution in [3.05, 3.63) is 77.6 Å². The fraction of sp³-hybridized carbons (Fsp3) is 0.208. The van der Waals surface area contributed by atoms with Gasteiger partial charge in [-0.25, -0.2) is 9.37 Å². The van der Waals surface area contributed by atoms with Gasteiger partial charge >= 0.3 is 0 Å². The number of hydrogen-bond acceptors (Lipinski definition) is 4. The molecule has 0 aliphatic rings. The van der Waals surface area contributed by atoms with Crippen molar-refractivity contribution in [1.82, 2.24) is 4.98 Å². The van der Waals surface area contributed by atoms with Crippen LogP contribution < -0.4 is 10.6 Å². The molecule has 0 fully saturated rings. The molecule has 1 unspecified atom stereocenters. The van der Waals surface area contributed by atoms with E-state index in [-0.39, 0.29) is 17.5 Å². The zero-order valence-electron chi connectivity index (χ0n) is 17.4. The average Bonchev–Trinajstić information content (AvgIpc) is 3.23. The Morgan fingerprint density at radius 1 is 1.16 bits per heavy atom. The lowest BCUT2D eigenvalue weighted by atomic mass is 9.92. The summed E-state index contributed by atoms with van der Waals surface area (Å²) in [5.74, 6) is -1.50. The molecule has 7 heteroatoms. The van der Waals surface area contributed by atoms with Gasteiger partial charge in [0, 0.05) is 11.1 Å². The number of halogens is 1. The Balaban J connectivity index is 1.82. The first-order chi connectivity index (χ1) is 14.9. The molecule has 5 nitrogen and oxygen atoms in total. The number of thiazole rings is 1. The summed E-state index contributed by atoms with van der Waals surface area (Å²) in [6.07, 6.45) is 4.35. The van der Waals surface area contributed by atoms with E-state index in [1.807, 2.05) is 38.1 Å².